The van der Waals surface area contributed by atoms with Gasteiger partial charge in [0.15, 0.2) is 0 Å². The highest BCUT2D eigenvalue weighted by atomic mass is 35.5. The lowest BCUT2D eigenvalue weighted by atomic mass is 10.1. The predicted molar refractivity (Wildman–Crippen MR) is 89.7 cm³/mol. The molecule has 2 unspecified atom stereocenters. The van der Waals surface area contributed by atoms with E-state index in [1.807, 2.05) is 42.5 Å². The molecule has 4 rings (SSSR count). The Labute approximate surface area is 138 Å². The molecule has 2 amide bonds. The fourth-order valence-electron chi connectivity index (χ4n) is 3.13. The predicted octanol–water partition coefficient (Wildman–Crippen LogP) is 3.58. The molecule has 1 aliphatic carbocycles. The molecular weight excluding hydrogens is 312 g/mol. The second-order valence-electron chi connectivity index (χ2n) is 6.09. The minimum Gasteiger partial charge on any atom is -0.326 e. The van der Waals surface area contributed by atoms with E-state index in [1.54, 1.807) is 0 Å². The third kappa shape index (κ3) is 2.82. The summed E-state index contributed by atoms with van der Waals surface area (Å²) in [6.45, 7) is 0. The Morgan fingerprint density at radius 1 is 1.22 bits per heavy atom. The van der Waals surface area contributed by atoms with E-state index in [4.69, 9.17) is 11.6 Å². The van der Waals surface area contributed by atoms with Gasteiger partial charge in [0.25, 0.3) is 0 Å². The number of benzene rings is 2. The van der Waals surface area contributed by atoms with Gasteiger partial charge in [-0.3, -0.25) is 9.59 Å². The molecule has 4 nitrogen and oxygen atoms in total. The van der Waals surface area contributed by atoms with Crippen LogP contribution in [0.5, 0.6) is 0 Å². The molecular formula is C18H15ClN2O2. The lowest BCUT2D eigenvalue weighted by Gasteiger charge is -2.07. The molecule has 0 bridgehead atoms. The average molecular weight is 327 g/mol. The standard InChI is InChI=1S/C18H15ClN2O2/c19-12-3-1-2-10(6-12)14-9-15(14)18(23)20-13-4-5-16-11(7-13)8-17(22)21-16/h1-7,14-15H,8-9H2,(H,20,23)(H,21,22). The largest absolute Gasteiger partial charge is 0.326 e. The van der Waals surface area contributed by atoms with Gasteiger partial charge in [-0.15, -0.1) is 0 Å². The third-order valence-corrected chi connectivity index (χ3v) is 4.64. The van der Waals surface area contributed by atoms with Gasteiger partial charge < -0.3 is 10.6 Å². The zero-order chi connectivity index (χ0) is 16.0. The second-order valence-corrected chi connectivity index (χ2v) is 6.53. The number of amides is 2. The first-order chi connectivity index (χ1) is 11.1. The third-order valence-electron chi connectivity index (χ3n) is 4.40. The SMILES string of the molecule is O=C1Cc2cc(NC(=O)C3CC3c3cccc(Cl)c3)ccc2N1. The van der Waals surface area contributed by atoms with E-state index in [2.05, 4.69) is 10.6 Å². The molecule has 1 aliphatic heterocycles. The van der Waals surface area contributed by atoms with Crippen LogP contribution >= 0.6 is 11.6 Å². The summed E-state index contributed by atoms with van der Waals surface area (Å²) in [5.74, 6) is 0.242. The van der Waals surface area contributed by atoms with Crippen LogP contribution in [-0.2, 0) is 16.0 Å². The van der Waals surface area contributed by atoms with Gasteiger partial charge in [-0.2, -0.15) is 0 Å². The van der Waals surface area contributed by atoms with Crippen molar-refractivity contribution < 1.29 is 9.59 Å². The van der Waals surface area contributed by atoms with Gasteiger partial charge in [-0.25, -0.2) is 0 Å². The van der Waals surface area contributed by atoms with Crippen LogP contribution in [0.2, 0.25) is 5.02 Å². The molecule has 2 aliphatic rings. The maximum Gasteiger partial charge on any atom is 0.228 e. The van der Waals surface area contributed by atoms with E-state index in [-0.39, 0.29) is 23.7 Å². The van der Waals surface area contributed by atoms with Crippen LogP contribution in [0.4, 0.5) is 11.4 Å². The minimum absolute atomic E-state index is 0.00769. The fraction of sp³-hybridized carbons (Fsp3) is 0.222. The molecule has 1 heterocycles. The number of rotatable bonds is 3. The van der Waals surface area contributed by atoms with Crippen LogP contribution in [0.3, 0.4) is 0 Å². The molecule has 2 aromatic rings. The van der Waals surface area contributed by atoms with Gasteiger partial charge in [-0.05, 0) is 53.8 Å². The first-order valence-corrected chi connectivity index (χ1v) is 7.97. The van der Waals surface area contributed by atoms with Gasteiger partial charge >= 0.3 is 0 Å². The number of hydrogen-bond donors (Lipinski definition) is 2. The molecule has 2 atom stereocenters. The molecule has 23 heavy (non-hydrogen) atoms. The summed E-state index contributed by atoms with van der Waals surface area (Å²) < 4.78 is 0. The van der Waals surface area contributed by atoms with Gasteiger partial charge in [0, 0.05) is 22.3 Å². The Morgan fingerprint density at radius 2 is 2.09 bits per heavy atom. The zero-order valence-corrected chi connectivity index (χ0v) is 13.1. The van der Waals surface area contributed by atoms with Crippen molar-refractivity contribution >= 4 is 34.8 Å². The van der Waals surface area contributed by atoms with E-state index in [0.717, 1.165) is 28.9 Å². The Kier molecular flexibility index (Phi) is 3.34. The summed E-state index contributed by atoms with van der Waals surface area (Å²) >= 11 is 6.01. The number of anilines is 2. The number of hydrogen-bond acceptors (Lipinski definition) is 2. The van der Waals surface area contributed by atoms with Crippen LogP contribution < -0.4 is 10.6 Å². The summed E-state index contributed by atoms with van der Waals surface area (Å²) in [7, 11) is 0. The molecule has 2 N–H and O–H groups in total. The molecule has 116 valence electrons. The molecule has 5 heteroatoms. The van der Waals surface area contributed by atoms with Crippen molar-refractivity contribution in [3.05, 3.63) is 58.6 Å². The van der Waals surface area contributed by atoms with Gasteiger partial charge in [0.05, 0.1) is 6.42 Å². The van der Waals surface area contributed by atoms with Gasteiger partial charge in [0.2, 0.25) is 11.8 Å². The van der Waals surface area contributed by atoms with Gasteiger partial charge in [-0.1, -0.05) is 23.7 Å². The first kappa shape index (κ1) is 14.3. The highest BCUT2D eigenvalue weighted by molar-refractivity contribution is 6.30. The summed E-state index contributed by atoms with van der Waals surface area (Å²) in [6.07, 6.45) is 1.21. The summed E-state index contributed by atoms with van der Waals surface area (Å²) in [6, 6.07) is 13.2. The number of carbonyl (C=O) groups is 2. The number of fused-ring (bicyclic) bond motifs is 1. The topological polar surface area (TPSA) is 58.2 Å². The van der Waals surface area contributed by atoms with Crippen molar-refractivity contribution in [2.75, 3.05) is 10.6 Å². The van der Waals surface area contributed by atoms with Crippen molar-refractivity contribution in [3.63, 3.8) is 0 Å². The summed E-state index contributed by atoms with van der Waals surface area (Å²) in [5.41, 5.74) is 3.61. The normalized spacial score (nSPS) is 21.5. The Hall–Kier alpha value is -2.33. The van der Waals surface area contributed by atoms with Crippen molar-refractivity contribution in [2.45, 2.75) is 18.8 Å². The van der Waals surface area contributed by atoms with E-state index in [9.17, 15) is 9.59 Å². The smallest absolute Gasteiger partial charge is 0.228 e. The minimum atomic E-state index is -0.0125. The molecule has 0 saturated heterocycles. The molecule has 1 fully saturated rings. The lowest BCUT2D eigenvalue weighted by molar-refractivity contribution is -0.117. The average Bonchev–Trinajstić information content (AvgIpc) is 3.23. The van der Waals surface area contributed by atoms with E-state index in [0.29, 0.717) is 11.4 Å². The lowest BCUT2D eigenvalue weighted by Crippen LogP contribution is -2.14. The van der Waals surface area contributed by atoms with Crippen molar-refractivity contribution in [2.24, 2.45) is 5.92 Å². The molecule has 0 spiro atoms. The van der Waals surface area contributed by atoms with Crippen LogP contribution in [0.25, 0.3) is 0 Å². The van der Waals surface area contributed by atoms with Crippen LogP contribution in [-0.4, -0.2) is 11.8 Å². The van der Waals surface area contributed by atoms with Crippen LogP contribution in [0, 0.1) is 5.92 Å². The van der Waals surface area contributed by atoms with Crippen LogP contribution in [0.15, 0.2) is 42.5 Å². The Balaban J connectivity index is 1.44. The van der Waals surface area contributed by atoms with Crippen molar-refractivity contribution in [3.8, 4) is 0 Å². The van der Waals surface area contributed by atoms with E-state index in [1.165, 1.54) is 0 Å². The fourth-order valence-corrected chi connectivity index (χ4v) is 3.33. The highest BCUT2D eigenvalue weighted by Gasteiger charge is 2.44. The Morgan fingerprint density at radius 3 is 2.91 bits per heavy atom. The maximum atomic E-state index is 12.4. The van der Waals surface area contributed by atoms with E-state index >= 15 is 0 Å². The first-order valence-electron chi connectivity index (χ1n) is 7.59. The summed E-state index contributed by atoms with van der Waals surface area (Å²) in [5, 5.41) is 6.43. The summed E-state index contributed by atoms with van der Waals surface area (Å²) in [4.78, 5) is 23.8. The van der Waals surface area contributed by atoms with Crippen LogP contribution in [0.1, 0.15) is 23.5 Å². The second kappa shape index (κ2) is 5.39. The maximum absolute atomic E-state index is 12.4. The molecule has 2 aromatic carbocycles. The number of nitrogens with one attached hydrogen (secondary N) is 2. The Bertz CT molecular complexity index is 818. The zero-order valence-electron chi connectivity index (χ0n) is 12.3. The van der Waals surface area contributed by atoms with E-state index < -0.39 is 0 Å². The van der Waals surface area contributed by atoms with Gasteiger partial charge in [0.1, 0.15) is 0 Å². The quantitative estimate of drug-likeness (QED) is 0.905. The number of halogens is 1. The highest BCUT2D eigenvalue weighted by Crippen LogP contribution is 2.48. The van der Waals surface area contributed by atoms with Crippen molar-refractivity contribution in [1.29, 1.82) is 0 Å². The van der Waals surface area contributed by atoms with Crippen molar-refractivity contribution in [1.82, 2.24) is 0 Å². The molecule has 0 radical (unpaired) electrons. The molecule has 1 saturated carbocycles. The number of carbonyl (C=O) groups excluding carboxylic acids is 2. The monoisotopic (exact) mass is 326 g/mol. The molecule has 0 aromatic heterocycles.